The fourth-order valence-corrected chi connectivity index (χ4v) is 2.98. The van der Waals surface area contributed by atoms with Crippen LogP contribution in [0, 0.1) is 0 Å². The van der Waals surface area contributed by atoms with Gasteiger partial charge in [0.2, 0.25) is 5.91 Å². The Morgan fingerprint density at radius 3 is 2.54 bits per heavy atom. The molecule has 2 aromatic rings. The molecule has 1 aliphatic heterocycles. The number of ether oxygens (including phenoxy) is 1. The molecule has 0 spiro atoms. The van der Waals surface area contributed by atoms with Gasteiger partial charge >= 0.3 is 5.97 Å². The summed E-state index contributed by atoms with van der Waals surface area (Å²) in [5.74, 6) is -0.0240. The predicted octanol–water partition coefficient (Wildman–Crippen LogP) is 2.87. The minimum atomic E-state index is -0.943. The molecule has 1 amide bonds. The number of aryl methyl sites for hydroxylation is 1. The van der Waals surface area contributed by atoms with Gasteiger partial charge in [0.1, 0.15) is 5.75 Å². The highest BCUT2D eigenvalue weighted by Crippen LogP contribution is 2.31. The fraction of sp³-hybridized carbons (Fsp3) is 0.263. The van der Waals surface area contributed by atoms with Gasteiger partial charge in [0.05, 0.1) is 12.7 Å². The summed E-state index contributed by atoms with van der Waals surface area (Å²) in [5, 5.41) is 8.89. The molecule has 24 heavy (non-hydrogen) atoms. The second-order valence-electron chi connectivity index (χ2n) is 5.85. The van der Waals surface area contributed by atoms with Crippen LogP contribution in [0.2, 0.25) is 0 Å². The monoisotopic (exact) mass is 325 g/mol. The number of methoxy groups -OCH3 is 1. The number of carboxylic acid groups (broad SMARTS) is 1. The molecule has 0 aliphatic carbocycles. The number of hydrogen-bond donors (Lipinski definition) is 1. The van der Waals surface area contributed by atoms with E-state index in [9.17, 15) is 9.59 Å². The smallest absolute Gasteiger partial charge is 0.335 e. The summed E-state index contributed by atoms with van der Waals surface area (Å²) < 4.78 is 5.36. The summed E-state index contributed by atoms with van der Waals surface area (Å²) in [6, 6.07) is 12.5. The van der Waals surface area contributed by atoms with E-state index in [0.717, 1.165) is 22.4 Å². The molecule has 1 N–H and O–H groups in total. The Morgan fingerprint density at radius 2 is 1.88 bits per heavy atom. The summed E-state index contributed by atoms with van der Waals surface area (Å²) in [6.45, 7) is 1.19. The molecule has 5 heteroatoms. The molecule has 0 radical (unpaired) electrons. The van der Waals surface area contributed by atoms with Crippen LogP contribution in [0.25, 0.3) is 0 Å². The van der Waals surface area contributed by atoms with Crippen LogP contribution in [-0.2, 0) is 24.3 Å². The summed E-state index contributed by atoms with van der Waals surface area (Å²) in [7, 11) is 1.64. The van der Waals surface area contributed by atoms with Crippen molar-refractivity contribution in [2.75, 3.05) is 7.11 Å². The average Bonchev–Trinajstić information content (AvgIpc) is 3.04. The van der Waals surface area contributed by atoms with Gasteiger partial charge in [-0.1, -0.05) is 24.3 Å². The maximum absolute atomic E-state index is 12.5. The van der Waals surface area contributed by atoms with Crippen molar-refractivity contribution in [2.45, 2.75) is 25.9 Å². The molecule has 0 aromatic heterocycles. The normalized spacial score (nSPS) is 12.8. The number of rotatable bonds is 5. The molecule has 0 atom stereocenters. The highest BCUT2D eigenvalue weighted by Gasteiger charge is 2.25. The third-order valence-corrected chi connectivity index (χ3v) is 4.34. The van der Waals surface area contributed by atoms with Crippen LogP contribution in [0.4, 0.5) is 0 Å². The number of fused-ring (bicyclic) bond motifs is 1. The Kier molecular flexibility index (Phi) is 4.51. The average molecular weight is 325 g/mol. The second-order valence-corrected chi connectivity index (χ2v) is 5.85. The minimum absolute atomic E-state index is 0.0931. The zero-order chi connectivity index (χ0) is 17.1. The number of amides is 1. The lowest BCUT2D eigenvalue weighted by Crippen LogP contribution is -2.25. The van der Waals surface area contributed by atoms with Crippen LogP contribution in [0.1, 0.15) is 33.5 Å². The third kappa shape index (κ3) is 3.25. The van der Waals surface area contributed by atoms with Crippen molar-refractivity contribution in [2.24, 2.45) is 0 Å². The van der Waals surface area contributed by atoms with Crippen LogP contribution in [0.5, 0.6) is 5.75 Å². The van der Waals surface area contributed by atoms with Gasteiger partial charge in [-0.15, -0.1) is 0 Å². The molecule has 124 valence electrons. The van der Waals surface area contributed by atoms with Crippen molar-refractivity contribution in [3.05, 3.63) is 64.7 Å². The molecular weight excluding hydrogens is 306 g/mol. The molecule has 0 saturated carbocycles. The van der Waals surface area contributed by atoms with Gasteiger partial charge in [-0.2, -0.15) is 0 Å². The largest absolute Gasteiger partial charge is 0.496 e. The van der Waals surface area contributed by atoms with Crippen molar-refractivity contribution in [3.8, 4) is 5.75 Å². The van der Waals surface area contributed by atoms with E-state index in [1.165, 1.54) is 0 Å². The van der Waals surface area contributed by atoms with Gasteiger partial charge in [0.15, 0.2) is 0 Å². The topological polar surface area (TPSA) is 66.8 Å². The molecule has 0 bridgehead atoms. The van der Waals surface area contributed by atoms with Gasteiger partial charge in [-0.25, -0.2) is 4.79 Å². The maximum Gasteiger partial charge on any atom is 0.335 e. The molecule has 3 rings (SSSR count). The highest BCUT2D eigenvalue weighted by molar-refractivity contribution is 5.87. The molecule has 1 heterocycles. The first kappa shape index (κ1) is 16.1. The Bertz CT molecular complexity index is 767. The molecule has 0 saturated heterocycles. The Hall–Kier alpha value is -2.82. The summed E-state index contributed by atoms with van der Waals surface area (Å²) in [5.41, 5.74) is 3.43. The van der Waals surface area contributed by atoms with Crippen molar-refractivity contribution >= 4 is 11.9 Å². The maximum atomic E-state index is 12.5. The van der Waals surface area contributed by atoms with Crippen LogP contribution >= 0.6 is 0 Å². The van der Waals surface area contributed by atoms with Gasteiger partial charge in [0, 0.05) is 25.1 Å². The number of aromatic carboxylic acids is 1. The number of nitrogens with zero attached hydrogens (tertiary/aromatic N) is 1. The van der Waals surface area contributed by atoms with Gasteiger partial charge in [-0.3, -0.25) is 4.79 Å². The van der Waals surface area contributed by atoms with E-state index in [1.54, 1.807) is 31.4 Å². The van der Waals surface area contributed by atoms with Crippen LogP contribution < -0.4 is 4.74 Å². The number of carboxylic acids is 1. The quantitative estimate of drug-likeness (QED) is 0.918. The van der Waals surface area contributed by atoms with Crippen molar-refractivity contribution in [1.82, 2.24) is 4.90 Å². The first-order chi connectivity index (χ1) is 11.6. The van der Waals surface area contributed by atoms with Crippen molar-refractivity contribution < 1.29 is 19.4 Å². The van der Waals surface area contributed by atoms with E-state index in [2.05, 4.69) is 0 Å². The minimum Gasteiger partial charge on any atom is -0.496 e. The molecule has 5 nitrogen and oxygen atoms in total. The van der Waals surface area contributed by atoms with Crippen molar-refractivity contribution in [1.29, 1.82) is 0 Å². The standard InChI is InChI=1S/C19H19NO4/c1-24-17-4-2-3-15-11-20(12-16(15)17)18(21)10-7-13-5-8-14(9-6-13)19(22)23/h2-6,8-9H,7,10-12H2,1H3,(H,22,23). The van der Waals surface area contributed by atoms with E-state index in [0.29, 0.717) is 25.9 Å². The zero-order valence-corrected chi connectivity index (χ0v) is 13.5. The van der Waals surface area contributed by atoms with E-state index in [-0.39, 0.29) is 11.5 Å². The summed E-state index contributed by atoms with van der Waals surface area (Å²) in [4.78, 5) is 25.1. The second kappa shape index (κ2) is 6.74. The predicted molar refractivity (Wildman–Crippen MR) is 89.0 cm³/mol. The number of hydrogen-bond acceptors (Lipinski definition) is 3. The molecular formula is C19H19NO4. The van der Waals surface area contributed by atoms with E-state index in [1.807, 2.05) is 23.1 Å². The molecule has 0 unspecified atom stereocenters. The van der Waals surface area contributed by atoms with E-state index in [4.69, 9.17) is 9.84 Å². The van der Waals surface area contributed by atoms with Gasteiger partial charge < -0.3 is 14.7 Å². The van der Waals surface area contributed by atoms with Gasteiger partial charge in [-0.05, 0) is 35.7 Å². The lowest BCUT2D eigenvalue weighted by atomic mass is 10.1. The Morgan fingerprint density at radius 1 is 1.12 bits per heavy atom. The number of carbonyl (C=O) groups excluding carboxylic acids is 1. The molecule has 0 fully saturated rings. The summed E-state index contributed by atoms with van der Waals surface area (Å²) in [6.07, 6.45) is 1.01. The molecule has 2 aromatic carbocycles. The lowest BCUT2D eigenvalue weighted by molar-refractivity contribution is -0.131. The van der Waals surface area contributed by atoms with E-state index < -0.39 is 5.97 Å². The van der Waals surface area contributed by atoms with E-state index >= 15 is 0 Å². The van der Waals surface area contributed by atoms with Crippen LogP contribution in [-0.4, -0.2) is 29.0 Å². The third-order valence-electron chi connectivity index (χ3n) is 4.34. The number of carbonyl (C=O) groups is 2. The summed E-state index contributed by atoms with van der Waals surface area (Å²) >= 11 is 0. The lowest BCUT2D eigenvalue weighted by Gasteiger charge is -2.15. The SMILES string of the molecule is COc1cccc2c1CN(C(=O)CCc1ccc(C(=O)O)cc1)C2. The van der Waals surface area contributed by atoms with Crippen LogP contribution in [0.15, 0.2) is 42.5 Å². The molecule has 1 aliphatic rings. The Labute approximate surface area is 140 Å². The van der Waals surface area contributed by atoms with Gasteiger partial charge in [0.25, 0.3) is 0 Å². The fourth-order valence-electron chi connectivity index (χ4n) is 2.98. The van der Waals surface area contributed by atoms with Crippen molar-refractivity contribution in [3.63, 3.8) is 0 Å². The zero-order valence-electron chi connectivity index (χ0n) is 13.5. The number of benzene rings is 2. The van der Waals surface area contributed by atoms with Crippen LogP contribution in [0.3, 0.4) is 0 Å². The first-order valence-corrected chi connectivity index (χ1v) is 7.83. The highest BCUT2D eigenvalue weighted by atomic mass is 16.5. The Balaban J connectivity index is 1.59. The first-order valence-electron chi connectivity index (χ1n) is 7.83.